The third kappa shape index (κ3) is 1.42. The maximum absolute atomic E-state index is 11.8. The number of thiophene rings is 1. The monoisotopic (exact) mass is 269 g/mol. The van der Waals surface area contributed by atoms with Gasteiger partial charge in [-0.3, -0.25) is 9.59 Å². The number of nitrogens with one attached hydrogen (secondary N) is 1. The van der Waals surface area contributed by atoms with Gasteiger partial charge in [0.1, 0.15) is 5.37 Å². The number of carboxylic acid groups (broad SMARTS) is 1. The Bertz CT molecular complexity index is 551. The van der Waals surface area contributed by atoms with Gasteiger partial charge < -0.3 is 10.4 Å². The first-order valence-electron chi connectivity index (χ1n) is 4.90. The fourth-order valence-corrected chi connectivity index (χ4v) is 4.70. The van der Waals surface area contributed by atoms with Crippen molar-refractivity contribution in [3.63, 3.8) is 0 Å². The second-order valence-electron chi connectivity index (χ2n) is 3.84. The average Bonchev–Trinajstić information content (AvgIpc) is 2.65. The molecule has 1 aromatic rings. The van der Waals surface area contributed by atoms with Crippen LogP contribution in [0.15, 0.2) is 5.38 Å². The summed E-state index contributed by atoms with van der Waals surface area (Å²) in [5, 5.41) is 13.0. The Hall–Kier alpha value is -1.34. The highest BCUT2D eigenvalue weighted by molar-refractivity contribution is 7.99. The van der Waals surface area contributed by atoms with E-state index in [4.69, 9.17) is 5.11 Å². The molecule has 0 aromatic carbocycles. The molecule has 0 spiro atoms. The highest BCUT2D eigenvalue weighted by atomic mass is 32.2. The molecule has 3 aliphatic heterocycles. The molecule has 2 N–H and O–H groups in total. The molecule has 0 radical (unpaired) electrons. The predicted molar refractivity (Wildman–Crippen MR) is 62.4 cm³/mol. The molecule has 1 aromatic heterocycles. The van der Waals surface area contributed by atoms with Crippen LogP contribution in [0.5, 0.6) is 0 Å². The summed E-state index contributed by atoms with van der Waals surface area (Å²) in [5.74, 6) is -2.32. The van der Waals surface area contributed by atoms with Crippen LogP contribution < -0.4 is 5.32 Å². The topological polar surface area (TPSA) is 83.5 Å². The van der Waals surface area contributed by atoms with Gasteiger partial charge in [0.05, 0.1) is 11.5 Å². The Morgan fingerprint density at radius 3 is 2.94 bits per heavy atom. The Balaban J connectivity index is 2.23. The van der Waals surface area contributed by atoms with E-state index in [0.29, 0.717) is 11.3 Å². The van der Waals surface area contributed by atoms with Gasteiger partial charge in [-0.25, -0.2) is 4.79 Å². The van der Waals surface area contributed by atoms with E-state index in [1.165, 1.54) is 23.1 Å². The summed E-state index contributed by atoms with van der Waals surface area (Å²) in [7, 11) is 0. The average molecular weight is 269 g/mol. The largest absolute Gasteiger partial charge is 0.478 e. The van der Waals surface area contributed by atoms with Crippen molar-refractivity contribution in [2.75, 3.05) is 5.75 Å². The number of hydrogen-bond acceptors (Lipinski definition) is 5. The molecule has 3 aliphatic rings. The number of thioether (sulfide) groups is 1. The number of carbonyl (C=O) groups excluding carboxylic acids is 2. The number of fused-ring (bicyclic) bond motifs is 3. The Morgan fingerprint density at radius 1 is 1.47 bits per heavy atom. The smallest absolute Gasteiger partial charge is 0.336 e. The minimum Gasteiger partial charge on any atom is -0.478 e. The molecule has 5 nitrogen and oxygen atoms in total. The first-order valence-corrected chi connectivity index (χ1v) is 6.83. The predicted octanol–water partition coefficient (Wildman–Crippen LogP) is 0.974. The van der Waals surface area contributed by atoms with Gasteiger partial charge in [0.15, 0.2) is 0 Å². The van der Waals surface area contributed by atoms with Crippen LogP contribution in [0.3, 0.4) is 0 Å². The van der Waals surface area contributed by atoms with Gasteiger partial charge in [0.2, 0.25) is 5.78 Å². The number of amides is 1. The molecule has 0 saturated carbocycles. The second kappa shape index (κ2) is 3.58. The zero-order valence-corrected chi connectivity index (χ0v) is 10.1. The van der Waals surface area contributed by atoms with Gasteiger partial charge in [-0.2, -0.15) is 0 Å². The van der Waals surface area contributed by atoms with Crippen LogP contribution in [0.25, 0.3) is 0 Å². The lowest BCUT2D eigenvalue weighted by atomic mass is 9.93. The van der Waals surface area contributed by atoms with Gasteiger partial charge >= 0.3 is 5.97 Å². The molecule has 88 valence electrons. The Morgan fingerprint density at radius 2 is 2.24 bits per heavy atom. The molecule has 0 aliphatic carbocycles. The SMILES string of the molecule is O=C1NC2SCC(C1=O)c1c(C(=O)O)csc12. The molecule has 4 heterocycles. The molecule has 1 saturated heterocycles. The number of carbonyl (C=O) groups is 3. The molecular weight excluding hydrogens is 262 g/mol. The summed E-state index contributed by atoms with van der Waals surface area (Å²) in [6.07, 6.45) is 0. The van der Waals surface area contributed by atoms with Crippen LogP contribution in [-0.4, -0.2) is 28.5 Å². The van der Waals surface area contributed by atoms with Gasteiger partial charge in [0, 0.05) is 16.0 Å². The standard InChI is InChI=1S/C10H7NO4S2/c12-6-3-1-17-9(11-8(6)13)7-5(3)4(2-16-7)10(14)15/h2-3,9H,1H2,(H,11,13)(H,14,15). The lowest BCUT2D eigenvalue weighted by molar-refractivity contribution is -0.138. The van der Waals surface area contributed by atoms with E-state index in [0.717, 1.165) is 4.88 Å². The van der Waals surface area contributed by atoms with Crippen molar-refractivity contribution < 1.29 is 19.5 Å². The number of ketones is 1. The third-order valence-corrected chi connectivity index (χ3v) is 5.33. The summed E-state index contributed by atoms with van der Waals surface area (Å²) in [6, 6.07) is 0. The van der Waals surface area contributed by atoms with Crippen LogP contribution in [0.2, 0.25) is 0 Å². The van der Waals surface area contributed by atoms with E-state index in [1.807, 2.05) is 0 Å². The number of hydrogen-bond donors (Lipinski definition) is 2. The summed E-state index contributed by atoms with van der Waals surface area (Å²) in [4.78, 5) is 35.2. The summed E-state index contributed by atoms with van der Waals surface area (Å²) in [5.41, 5.74) is 0.694. The van der Waals surface area contributed by atoms with Crippen molar-refractivity contribution in [2.24, 2.45) is 0 Å². The normalized spacial score (nSPS) is 26.4. The Labute approximate surface area is 104 Å². The highest BCUT2D eigenvalue weighted by Crippen LogP contribution is 2.47. The lowest BCUT2D eigenvalue weighted by Crippen LogP contribution is -2.30. The highest BCUT2D eigenvalue weighted by Gasteiger charge is 2.43. The van der Waals surface area contributed by atoms with Crippen molar-refractivity contribution in [3.05, 3.63) is 21.4 Å². The minimum absolute atomic E-state index is 0.158. The third-order valence-electron chi connectivity index (χ3n) is 2.91. The maximum atomic E-state index is 11.8. The van der Waals surface area contributed by atoms with Crippen molar-refractivity contribution in [1.29, 1.82) is 0 Å². The van der Waals surface area contributed by atoms with Crippen molar-refractivity contribution >= 4 is 40.8 Å². The molecular formula is C10H7NO4S2. The van der Waals surface area contributed by atoms with Crippen LogP contribution >= 0.6 is 23.1 Å². The van der Waals surface area contributed by atoms with Crippen molar-refractivity contribution in [3.8, 4) is 0 Å². The zero-order chi connectivity index (χ0) is 12.2. The van der Waals surface area contributed by atoms with E-state index in [1.54, 1.807) is 5.38 Å². The van der Waals surface area contributed by atoms with Gasteiger partial charge in [-0.15, -0.1) is 23.1 Å². The van der Waals surface area contributed by atoms with Gasteiger partial charge in [-0.1, -0.05) is 0 Å². The molecule has 1 fully saturated rings. The summed E-state index contributed by atoms with van der Waals surface area (Å²) >= 11 is 2.77. The molecule has 4 rings (SSSR count). The van der Waals surface area contributed by atoms with Crippen molar-refractivity contribution in [2.45, 2.75) is 11.3 Å². The first-order chi connectivity index (χ1) is 8.09. The van der Waals surface area contributed by atoms with E-state index < -0.39 is 23.6 Å². The maximum Gasteiger partial charge on any atom is 0.336 e. The van der Waals surface area contributed by atoms with Crippen LogP contribution in [-0.2, 0) is 9.59 Å². The number of aromatic carboxylic acids is 1. The molecule has 17 heavy (non-hydrogen) atoms. The fraction of sp³-hybridized carbons (Fsp3) is 0.300. The molecule has 2 atom stereocenters. The van der Waals surface area contributed by atoms with Gasteiger partial charge in [0.25, 0.3) is 5.91 Å². The minimum atomic E-state index is -1.04. The van der Waals surface area contributed by atoms with Gasteiger partial charge in [-0.05, 0) is 5.56 Å². The van der Waals surface area contributed by atoms with Crippen LogP contribution in [0.4, 0.5) is 0 Å². The summed E-state index contributed by atoms with van der Waals surface area (Å²) < 4.78 is 0. The van der Waals surface area contributed by atoms with E-state index in [-0.39, 0.29) is 10.9 Å². The van der Waals surface area contributed by atoms with Crippen molar-refractivity contribution in [1.82, 2.24) is 5.32 Å². The molecule has 2 bridgehead atoms. The van der Waals surface area contributed by atoms with E-state index in [9.17, 15) is 14.4 Å². The van der Waals surface area contributed by atoms with Crippen LogP contribution in [0, 0.1) is 0 Å². The quantitative estimate of drug-likeness (QED) is 0.742. The van der Waals surface area contributed by atoms with Crippen LogP contribution in [0.1, 0.15) is 32.1 Å². The fourth-order valence-electron chi connectivity index (χ4n) is 2.12. The molecule has 2 unspecified atom stereocenters. The van der Waals surface area contributed by atoms with E-state index in [2.05, 4.69) is 5.32 Å². The second-order valence-corrected chi connectivity index (χ2v) is 5.89. The molecule has 1 amide bonds. The first kappa shape index (κ1) is 10.8. The van der Waals surface area contributed by atoms with E-state index >= 15 is 0 Å². The Kier molecular flexibility index (Phi) is 2.27. The lowest BCUT2D eigenvalue weighted by Gasteiger charge is -2.22. The zero-order valence-electron chi connectivity index (χ0n) is 8.43. The number of rotatable bonds is 1. The number of carboxylic acids is 1. The summed E-state index contributed by atoms with van der Waals surface area (Å²) in [6.45, 7) is 0. The number of Topliss-reactive ketones (excluding diaryl/α,β-unsaturated/α-hetero) is 1. The molecule has 7 heteroatoms.